The number of nitrogens with zero attached hydrogens (tertiary/aromatic N) is 3. The number of hydrogen-bond acceptors (Lipinski definition) is 7. The smallest absolute Gasteiger partial charge is 0.316 e. The van der Waals surface area contributed by atoms with Crippen LogP contribution in [0.4, 0.5) is 0 Å². The van der Waals surface area contributed by atoms with Crippen LogP contribution in [-0.2, 0) is 31.7 Å². The molecule has 0 radical (unpaired) electrons. The van der Waals surface area contributed by atoms with E-state index in [-0.39, 0.29) is 28.5 Å². The van der Waals surface area contributed by atoms with Crippen LogP contribution >= 0.6 is 11.8 Å². The summed E-state index contributed by atoms with van der Waals surface area (Å²) in [5.41, 5.74) is 0. The van der Waals surface area contributed by atoms with Crippen LogP contribution in [0.3, 0.4) is 0 Å². The number of aromatic nitrogens is 3. The molecule has 0 unspecified atom stereocenters. The Kier molecular flexibility index (Phi) is 7.12. The number of sulfone groups is 1. The third-order valence-electron chi connectivity index (χ3n) is 4.70. The first kappa shape index (κ1) is 20.9. The predicted octanol–water partition coefficient (Wildman–Crippen LogP) is 3.24. The second-order valence-corrected chi connectivity index (χ2v) is 9.69. The molecule has 2 aromatic rings. The van der Waals surface area contributed by atoms with Gasteiger partial charge in [0, 0.05) is 6.54 Å². The average molecular weight is 424 g/mol. The summed E-state index contributed by atoms with van der Waals surface area (Å²) in [4.78, 5) is 12.4. The summed E-state index contributed by atoms with van der Waals surface area (Å²) in [6, 6.07) is 8.29. The third kappa shape index (κ3) is 5.35. The topological polar surface area (TPSA) is 91.1 Å². The van der Waals surface area contributed by atoms with Crippen molar-refractivity contribution in [1.29, 1.82) is 0 Å². The Morgan fingerprint density at radius 2 is 1.89 bits per heavy atom. The van der Waals surface area contributed by atoms with Crippen molar-refractivity contribution in [3.8, 4) is 0 Å². The molecule has 3 rings (SSSR count). The van der Waals surface area contributed by atoms with Crippen LogP contribution in [-0.4, -0.2) is 41.0 Å². The van der Waals surface area contributed by atoms with Gasteiger partial charge < -0.3 is 9.30 Å². The second kappa shape index (κ2) is 9.56. The maximum absolute atomic E-state index is 12.6. The fraction of sp³-hybridized carbons (Fsp3) is 0.526. The molecule has 0 bridgehead atoms. The van der Waals surface area contributed by atoms with Gasteiger partial charge in [0.1, 0.15) is 17.7 Å². The summed E-state index contributed by atoms with van der Waals surface area (Å²) in [5.74, 6) is 0.0147. The maximum Gasteiger partial charge on any atom is 0.316 e. The van der Waals surface area contributed by atoms with Crippen molar-refractivity contribution >= 4 is 27.6 Å². The van der Waals surface area contributed by atoms with Crippen LogP contribution in [0, 0.1) is 0 Å². The first-order valence-electron chi connectivity index (χ1n) is 9.51. The quantitative estimate of drug-likeness (QED) is 0.475. The molecule has 0 aliphatic heterocycles. The number of carbonyl (C=O) groups excluding carboxylic acids is 1. The first-order chi connectivity index (χ1) is 13.5. The molecule has 0 spiro atoms. The minimum absolute atomic E-state index is 0.0254. The van der Waals surface area contributed by atoms with E-state index in [1.54, 1.807) is 34.9 Å². The lowest BCUT2D eigenvalue weighted by Crippen LogP contribution is -2.22. The number of rotatable bonds is 8. The Balaban J connectivity index is 1.62. The molecule has 28 heavy (non-hydrogen) atoms. The molecule has 1 fully saturated rings. The van der Waals surface area contributed by atoms with Crippen LogP contribution < -0.4 is 0 Å². The average Bonchev–Trinajstić information content (AvgIpc) is 3.08. The van der Waals surface area contributed by atoms with E-state index in [2.05, 4.69) is 10.2 Å². The number of ether oxygens (including phenoxy) is 1. The summed E-state index contributed by atoms with van der Waals surface area (Å²) in [6.07, 6.45) is 5.31. The molecule has 1 aromatic carbocycles. The van der Waals surface area contributed by atoms with Crippen LogP contribution in [0.15, 0.2) is 40.4 Å². The normalized spacial score (nSPS) is 15.5. The van der Waals surface area contributed by atoms with Crippen molar-refractivity contribution in [3.63, 3.8) is 0 Å². The van der Waals surface area contributed by atoms with E-state index >= 15 is 0 Å². The lowest BCUT2D eigenvalue weighted by atomic mass is 9.98. The van der Waals surface area contributed by atoms with E-state index in [0.717, 1.165) is 25.7 Å². The fourth-order valence-electron chi connectivity index (χ4n) is 3.26. The van der Waals surface area contributed by atoms with Gasteiger partial charge in [-0.1, -0.05) is 36.4 Å². The highest BCUT2D eigenvalue weighted by Gasteiger charge is 2.22. The van der Waals surface area contributed by atoms with Gasteiger partial charge in [-0.05, 0) is 44.7 Å². The molecule has 0 N–H and O–H groups in total. The van der Waals surface area contributed by atoms with Gasteiger partial charge in [-0.3, -0.25) is 4.79 Å². The molecule has 1 aromatic heterocycles. The van der Waals surface area contributed by atoms with E-state index < -0.39 is 9.84 Å². The zero-order chi connectivity index (χ0) is 20.0. The highest BCUT2D eigenvalue weighted by atomic mass is 32.2. The molecule has 1 heterocycles. The molecule has 0 saturated heterocycles. The summed E-state index contributed by atoms with van der Waals surface area (Å²) in [7, 11) is -3.51. The van der Waals surface area contributed by atoms with Gasteiger partial charge in [0.2, 0.25) is 0 Å². The molecule has 0 amide bonds. The lowest BCUT2D eigenvalue weighted by molar-refractivity contribution is -0.147. The molecular formula is C19H25N3O4S2. The molecule has 0 atom stereocenters. The van der Waals surface area contributed by atoms with Crippen molar-refractivity contribution in [2.75, 3.05) is 5.75 Å². The van der Waals surface area contributed by atoms with Crippen molar-refractivity contribution in [2.45, 2.75) is 67.5 Å². The van der Waals surface area contributed by atoms with Crippen LogP contribution in [0.1, 0.15) is 44.9 Å². The molecule has 152 valence electrons. The lowest BCUT2D eigenvalue weighted by Gasteiger charge is -2.21. The first-order valence-corrected chi connectivity index (χ1v) is 12.2. The van der Waals surface area contributed by atoms with Gasteiger partial charge >= 0.3 is 5.97 Å². The van der Waals surface area contributed by atoms with Crippen molar-refractivity contribution in [3.05, 3.63) is 36.2 Å². The minimum Gasteiger partial charge on any atom is -0.462 e. The summed E-state index contributed by atoms with van der Waals surface area (Å²) in [5, 5.41) is 8.67. The summed E-state index contributed by atoms with van der Waals surface area (Å²) >= 11 is 1.23. The SMILES string of the molecule is CCn1c(CS(=O)(=O)c2ccccc2)nnc1SCC(=O)OC1CCCCC1. The Labute approximate surface area is 169 Å². The molecule has 7 nitrogen and oxygen atoms in total. The number of benzene rings is 1. The minimum atomic E-state index is -3.51. The van der Waals surface area contributed by atoms with E-state index in [9.17, 15) is 13.2 Å². The highest BCUT2D eigenvalue weighted by Crippen LogP contribution is 2.23. The molecule has 1 saturated carbocycles. The largest absolute Gasteiger partial charge is 0.462 e. The zero-order valence-corrected chi connectivity index (χ0v) is 17.5. The molecule has 9 heteroatoms. The van der Waals surface area contributed by atoms with Gasteiger partial charge in [-0.25, -0.2) is 8.42 Å². The number of thioether (sulfide) groups is 1. The van der Waals surface area contributed by atoms with Gasteiger partial charge in [0.15, 0.2) is 15.0 Å². The van der Waals surface area contributed by atoms with Gasteiger partial charge in [-0.15, -0.1) is 10.2 Å². The fourth-order valence-corrected chi connectivity index (χ4v) is 5.35. The van der Waals surface area contributed by atoms with E-state index in [1.807, 2.05) is 6.92 Å². The van der Waals surface area contributed by atoms with Crippen LogP contribution in [0.2, 0.25) is 0 Å². The Morgan fingerprint density at radius 3 is 2.57 bits per heavy atom. The van der Waals surface area contributed by atoms with Crippen LogP contribution in [0.5, 0.6) is 0 Å². The number of esters is 1. The van der Waals surface area contributed by atoms with Crippen molar-refractivity contribution < 1.29 is 17.9 Å². The Bertz CT molecular complexity index is 891. The number of hydrogen-bond donors (Lipinski definition) is 0. The van der Waals surface area contributed by atoms with Crippen molar-refractivity contribution in [1.82, 2.24) is 14.8 Å². The Hall–Kier alpha value is -1.87. The van der Waals surface area contributed by atoms with E-state index in [0.29, 0.717) is 17.5 Å². The highest BCUT2D eigenvalue weighted by molar-refractivity contribution is 7.99. The van der Waals surface area contributed by atoms with Crippen LogP contribution in [0.25, 0.3) is 0 Å². The van der Waals surface area contributed by atoms with Gasteiger partial charge in [0.25, 0.3) is 0 Å². The van der Waals surface area contributed by atoms with Gasteiger partial charge in [0.05, 0.1) is 10.6 Å². The molecular weight excluding hydrogens is 398 g/mol. The van der Waals surface area contributed by atoms with Crippen molar-refractivity contribution in [2.24, 2.45) is 0 Å². The van der Waals surface area contributed by atoms with E-state index in [1.165, 1.54) is 18.2 Å². The predicted molar refractivity (Wildman–Crippen MR) is 107 cm³/mol. The molecule has 1 aliphatic carbocycles. The summed E-state index contributed by atoms with van der Waals surface area (Å²) < 4.78 is 32.5. The second-order valence-electron chi connectivity index (χ2n) is 6.75. The van der Waals surface area contributed by atoms with E-state index in [4.69, 9.17) is 4.74 Å². The maximum atomic E-state index is 12.6. The standard InChI is InChI=1S/C19H25N3O4S2/c1-2-22-17(14-28(24,25)16-11-7-4-8-12-16)20-21-19(22)27-13-18(23)26-15-9-5-3-6-10-15/h4,7-8,11-12,15H,2-3,5-6,9-10,13-14H2,1H3. The van der Waals surface area contributed by atoms with Gasteiger partial charge in [-0.2, -0.15) is 0 Å². The third-order valence-corrected chi connectivity index (χ3v) is 7.27. The Morgan fingerprint density at radius 1 is 1.18 bits per heavy atom. The monoisotopic (exact) mass is 423 g/mol. The molecule has 1 aliphatic rings. The zero-order valence-electron chi connectivity index (χ0n) is 15.9. The summed E-state index contributed by atoms with van der Waals surface area (Å²) in [6.45, 7) is 2.42. The number of carbonyl (C=O) groups is 1.